The van der Waals surface area contributed by atoms with Crippen LogP contribution in [0.4, 0.5) is 5.82 Å². The van der Waals surface area contributed by atoms with Crippen molar-refractivity contribution in [2.45, 2.75) is 18.9 Å². The molecule has 0 spiro atoms. The molecule has 2 saturated heterocycles. The molecule has 0 radical (unpaired) electrons. The largest absolute Gasteiger partial charge is 0.376 e. The average Bonchev–Trinajstić information content (AvgIpc) is 3.09. The van der Waals surface area contributed by atoms with Crippen molar-refractivity contribution in [2.24, 2.45) is 0 Å². The van der Waals surface area contributed by atoms with E-state index >= 15 is 0 Å². The van der Waals surface area contributed by atoms with Gasteiger partial charge in [-0.3, -0.25) is 9.78 Å². The number of anilines is 1. The number of hydrogen-bond acceptors (Lipinski definition) is 6. The molecular formula is C15H22N4O3. The summed E-state index contributed by atoms with van der Waals surface area (Å²) in [5.41, 5.74) is 0. The molecule has 0 aliphatic carbocycles. The van der Waals surface area contributed by atoms with Gasteiger partial charge in [0.2, 0.25) is 5.91 Å². The lowest BCUT2D eigenvalue weighted by atomic mass is 10.2. The van der Waals surface area contributed by atoms with Crippen LogP contribution in [0.25, 0.3) is 0 Å². The molecule has 0 N–H and O–H groups in total. The summed E-state index contributed by atoms with van der Waals surface area (Å²) >= 11 is 0. The van der Waals surface area contributed by atoms with Crippen LogP contribution in [0, 0.1) is 0 Å². The van der Waals surface area contributed by atoms with Crippen molar-refractivity contribution in [1.29, 1.82) is 0 Å². The quantitative estimate of drug-likeness (QED) is 0.780. The summed E-state index contributed by atoms with van der Waals surface area (Å²) in [6.45, 7) is 4.41. The highest BCUT2D eigenvalue weighted by Crippen LogP contribution is 2.13. The lowest BCUT2D eigenvalue weighted by Crippen LogP contribution is -2.50. The minimum absolute atomic E-state index is 0.0526. The van der Waals surface area contributed by atoms with Crippen LogP contribution in [0.2, 0.25) is 0 Å². The van der Waals surface area contributed by atoms with Crippen molar-refractivity contribution in [2.75, 3.05) is 50.9 Å². The summed E-state index contributed by atoms with van der Waals surface area (Å²) in [5.74, 6) is 0.918. The minimum Gasteiger partial charge on any atom is -0.376 e. The molecule has 3 heterocycles. The molecule has 7 nitrogen and oxygen atoms in total. The molecule has 1 aromatic heterocycles. The number of rotatable bonds is 5. The van der Waals surface area contributed by atoms with Crippen LogP contribution >= 0.6 is 0 Å². The van der Waals surface area contributed by atoms with E-state index in [-0.39, 0.29) is 18.6 Å². The Kier molecular flexibility index (Phi) is 5.18. The Bertz CT molecular complexity index is 471. The van der Waals surface area contributed by atoms with Gasteiger partial charge in [0, 0.05) is 45.2 Å². The van der Waals surface area contributed by atoms with Gasteiger partial charge in [-0.15, -0.1) is 0 Å². The highest BCUT2D eigenvalue weighted by molar-refractivity contribution is 5.77. The van der Waals surface area contributed by atoms with E-state index in [2.05, 4.69) is 14.9 Å². The van der Waals surface area contributed by atoms with E-state index in [0.717, 1.165) is 38.4 Å². The van der Waals surface area contributed by atoms with Crippen LogP contribution in [0.3, 0.4) is 0 Å². The van der Waals surface area contributed by atoms with E-state index in [9.17, 15) is 4.79 Å². The van der Waals surface area contributed by atoms with E-state index in [0.29, 0.717) is 19.7 Å². The van der Waals surface area contributed by atoms with Gasteiger partial charge in [0.05, 0.1) is 18.9 Å². The molecule has 1 amide bonds. The lowest BCUT2D eigenvalue weighted by Gasteiger charge is -2.35. The molecule has 22 heavy (non-hydrogen) atoms. The maximum atomic E-state index is 12.1. The molecule has 3 rings (SSSR count). The fourth-order valence-electron chi connectivity index (χ4n) is 2.78. The SMILES string of the molecule is O=C(COC[C@@H]1CCCO1)N1CCN(c2cnccn2)CC1. The summed E-state index contributed by atoms with van der Waals surface area (Å²) in [5, 5.41) is 0. The number of carbonyl (C=O) groups excluding carboxylic acids is 1. The summed E-state index contributed by atoms with van der Waals surface area (Å²) in [7, 11) is 0. The Hall–Kier alpha value is -1.73. The van der Waals surface area contributed by atoms with E-state index in [4.69, 9.17) is 9.47 Å². The predicted octanol–water partition coefficient (Wildman–Crippen LogP) is 0.321. The second-order valence-electron chi connectivity index (χ2n) is 5.58. The molecular weight excluding hydrogens is 284 g/mol. The zero-order chi connectivity index (χ0) is 15.2. The third-order valence-electron chi connectivity index (χ3n) is 4.06. The third kappa shape index (κ3) is 3.92. The van der Waals surface area contributed by atoms with Gasteiger partial charge in [-0.25, -0.2) is 4.98 Å². The van der Waals surface area contributed by atoms with Gasteiger partial charge in [0.1, 0.15) is 12.4 Å². The first kappa shape index (κ1) is 15.2. The van der Waals surface area contributed by atoms with Gasteiger partial charge in [-0.05, 0) is 12.8 Å². The number of amides is 1. The maximum absolute atomic E-state index is 12.1. The van der Waals surface area contributed by atoms with Crippen molar-refractivity contribution >= 4 is 11.7 Å². The Labute approximate surface area is 130 Å². The minimum atomic E-state index is 0.0526. The molecule has 1 atom stereocenters. The number of carbonyl (C=O) groups is 1. The highest BCUT2D eigenvalue weighted by Gasteiger charge is 2.22. The number of nitrogens with zero attached hydrogens (tertiary/aromatic N) is 4. The predicted molar refractivity (Wildman–Crippen MR) is 80.6 cm³/mol. The second kappa shape index (κ2) is 7.51. The molecule has 7 heteroatoms. The summed E-state index contributed by atoms with van der Waals surface area (Å²) < 4.78 is 11.0. The molecule has 0 saturated carbocycles. The van der Waals surface area contributed by atoms with Crippen LogP contribution in [0.5, 0.6) is 0 Å². The molecule has 1 aromatic rings. The third-order valence-corrected chi connectivity index (χ3v) is 4.06. The van der Waals surface area contributed by atoms with E-state index < -0.39 is 0 Å². The van der Waals surface area contributed by atoms with Crippen LogP contribution in [0.1, 0.15) is 12.8 Å². The van der Waals surface area contributed by atoms with Crippen molar-refractivity contribution in [3.8, 4) is 0 Å². The molecule has 120 valence electrons. The monoisotopic (exact) mass is 306 g/mol. The first-order chi connectivity index (χ1) is 10.8. The Balaban J connectivity index is 1.38. The first-order valence-electron chi connectivity index (χ1n) is 7.81. The number of aromatic nitrogens is 2. The first-order valence-corrected chi connectivity index (χ1v) is 7.81. The second-order valence-corrected chi connectivity index (χ2v) is 5.58. The topological polar surface area (TPSA) is 67.8 Å². The van der Waals surface area contributed by atoms with E-state index in [1.54, 1.807) is 18.6 Å². The zero-order valence-corrected chi connectivity index (χ0v) is 12.7. The van der Waals surface area contributed by atoms with Gasteiger partial charge < -0.3 is 19.3 Å². The molecule has 2 aliphatic rings. The number of ether oxygens (including phenoxy) is 2. The summed E-state index contributed by atoms with van der Waals surface area (Å²) in [6, 6.07) is 0. The maximum Gasteiger partial charge on any atom is 0.248 e. The van der Waals surface area contributed by atoms with Gasteiger partial charge in [-0.2, -0.15) is 0 Å². The number of hydrogen-bond donors (Lipinski definition) is 0. The van der Waals surface area contributed by atoms with Crippen molar-refractivity contribution in [1.82, 2.24) is 14.9 Å². The number of piperazine rings is 1. The normalized spacial score (nSPS) is 22.1. The van der Waals surface area contributed by atoms with Crippen LogP contribution in [0.15, 0.2) is 18.6 Å². The summed E-state index contributed by atoms with van der Waals surface area (Å²) in [6.07, 6.45) is 7.39. The van der Waals surface area contributed by atoms with Crippen LogP contribution in [-0.4, -0.2) is 72.9 Å². The van der Waals surface area contributed by atoms with E-state index in [1.165, 1.54) is 0 Å². The van der Waals surface area contributed by atoms with Crippen molar-refractivity contribution in [3.05, 3.63) is 18.6 Å². The molecule has 0 bridgehead atoms. The zero-order valence-electron chi connectivity index (χ0n) is 12.7. The Morgan fingerprint density at radius 2 is 2.18 bits per heavy atom. The van der Waals surface area contributed by atoms with Gasteiger partial charge in [-0.1, -0.05) is 0 Å². The fourth-order valence-corrected chi connectivity index (χ4v) is 2.78. The molecule has 0 unspecified atom stereocenters. The molecule has 0 aromatic carbocycles. The van der Waals surface area contributed by atoms with Crippen LogP contribution in [-0.2, 0) is 14.3 Å². The Morgan fingerprint density at radius 1 is 1.32 bits per heavy atom. The van der Waals surface area contributed by atoms with Crippen molar-refractivity contribution in [3.63, 3.8) is 0 Å². The Morgan fingerprint density at radius 3 is 2.86 bits per heavy atom. The van der Waals surface area contributed by atoms with Crippen molar-refractivity contribution < 1.29 is 14.3 Å². The standard InChI is InChI=1S/C15H22N4O3/c20-15(12-21-11-13-2-1-9-22-13)19-7-5-18(6-8-19)14-10-16-3-4-17-14/h3-4,10,13H,1-2,5-9,11-12H2/t13-/m0/s1. The van der Waals surface area contributed by atoms with Gasteiger partial charge in [0.25, 0.3) is 0 Å². The van der Waals surface area contributed by atoms with Crippen LogP contribution < -0.4 is 4.90 Å². The smallest absolute Gasteiger partial charge is 0.248 e. The molecule has 2 aliphatic heterocycles. The average molecular weight is 306 g/mol. The lowest BCUT2D eigenvalue weighted by molar-refractivity contribution is -0.137. The highest BCUT2D eigenvalue weighted by atomic mass is 16.5. The van der Waals surface area contributed by atoms with E-state index in [1.807, 2.05) is 4.90 Å². The fraction of sp³-hybridized carbons (Fsp3) is 0.667. The summed E-state index contributed by atoms with van der Waals surface area (Å²) in [4.78, 5) is 24.5. The van der Waals surface area contributed by atoms with Gasteiger partial charge in [0.15, 0.2) is 0 Å². The molecule has 2 fully saturated rings. The van der Waals surface area contributed by atoms with Gasteiger partial charge >= 0.3 is 0 Å².